The molecule has 0 fully saturated rings. The second-order valence-corrected chi connectivity index (χ2v) is 5.67. The lowest BCUT2D eigenvalue weighted by molar-refractivity contribution is 0.681. The fraction of sp³-hybridized carbons (Fsp3) is 0.312. The Bertz CT molecular complexity index is 757. The van der Waals surface area contributed by atoms with Crippen molar-refractivity contribution in [2.24, 2.45) is 0 Å². The molecule has 0 bridgehead atoms. The lowest BCUT2D eigenvalue weighted by Crippen LogP contribution is -2.29. The van der Waals surface area contributed by atoms with E-state index in [-0.39, 0.29) is 0 Å². The molecule has 4 heterocycles. The van der Waals surface area contributed by atoms with Gasteiger partial charge in [-0.25, -0.2) is 9.97 Å². The van der Waals surface area contributed by atoms with Gasteiger partial charge in [0, 0.05) is 42.9 Å². The van der Waals surface area contributed by atoms with Crippen LogP contribution in [0.5, 0.6) is 0 Å². The summed E-state index contributed by atoms with van der Waals surface area (Å²) in [6.45, 7) is 3.98. The van der Waals surface area contributed by atoms with Gasteiger partial charge in [0.15, 0.2) is 5.82 Å². The van der Waals surface area contributed by atoms with Gasteiger partial charge in [-0.3, -0.25) is 9.67 Å². The van der Waals surface area contributed by atoms with Crippen molar-refractivity contribution in [2.45, 2.75) is 26.3 Å². The van der Waals surface area contributed by atoms with Crippen molar-refractivity contribution in [3.05, 3.63) is 53.9 Å². The summed E-state index contributed by atoms with van der Waals surface area (Å²) in [4.78, 5) is 10.9. The molecule has 0 saturated carbocycles. The molecule has 0 saturated heterocycles. The SMILES string of the molecule is Cc1[nH]nc2c1CCCN2Cc1ccc(-n2ccnc2)nc1. The number of pyridine rings is 1. The first-order chi connectivity index (χ1) is 10.8. The number of fused-ring (bicyclic) bond motifs is 1. The molecule has 6 nitrogen and oxygen atoms in total. The molecule has 0 atom stereocenters. The van der Waals surface area contributed by atoms with Crippen LogP contribution in [0.2, 0.25) is 0 Å². The highest BCUT2D eigenvalue weighted by Crippen LogP contribution is 2.28. The number of aromatic nitrogens is 5. The third-order valence-electron chi connectivity index (χ3n) is 4.16. The van der Waals surface area contributed by atoms with Crippen molar-refractivity contribution in [3.8, 4) is 5.82 Å². The van der Waals surface area contributed by atoms with Crippen molar-refractivity contribution in [1.29, 1.82) is 0 Å². The van der Waals surface area contributed by atoms with E-state index in [1.165, 1.54) is 23.2 Å². The van der Waals surface area contributed by atoms with Crippen LogP contribution >= 0.6 is 0 Å². The van der Waals surface area contributed by atoms with E-state index in [0.29, 0.717) is 0 Å². The first-order valence-electron chi connectivity index (χ1n) is 7.53. The van der Waals surface area contributed by atoms with Crippen LogP contribution in [-0.4, -0.2) is 31.3 Å². The average molecular weight is 294 g/mol. The summed E-state index contributed by atoms with van der Waals surface area (Å²) in [5.74, 6) is 1.98. The van der Waals surface area contributed by atoms with Crippen molar-refractivity contribution < 1.29 is 0 Å². The lowest BCUT2D eigenvalue weighted by Gasteiger charge is -2.27. The minimum Gasteiger partial charge on any atom is -0.351 e. The molecular formula is C16H18N6. The van der Waals surface area contributed by atoms with E-state index in [0.717, 1.165) is 31.1 Å². The Balaban J connectivity index is 1.55. The second-order valence-electron chi connectivity index (χ2n) is 5.67. The lowest BCUT2D eigenvalue weighted by atomic mass is 10.0. The Morgan fingerprint density at radius 3 is 3.05 bits per heavy atom. The van der Waals surface area contributed by atoms with Crippen LogP contribution in [0.1, 0.15) is 23.2 Å². The van der Waals surface area contributed by atoms with Crippen LogP contribution in [0.4, 0.5) is 5.82 Å². The molecule has 1 N–H and O–H groups in total. The van der Waals surface area contributed by atoms with E-state index < -0.39 is 0 Å². The molecule has 0 unspecified atom stereocenters. The van der Waals surface area contributed by atoms with Gasteiger partial charge < -0.3 is 4.90 Å². The number of rotatable bonds is 3. The van der Waals surface area contributed by atoms with Crippen LogP contribution in [0.15, 0.2) is 37.1 Å². The first kappa shape index (κ1) is 13.1. The van der Waals surface area contributed by atoms with Gasteiger partial charge in [0.1, 0.15) is 12.1 Å². The van der Waals surface area contributed by atoms with Gasteiger partial charge in [-0.05, 0) is 31.4 Å². The third kappa shape index (κ3) is 2.26. The van der Waals surface area contributed by atoms with Gasteiger partial charge in [-0.2, -0.15) is 5.10 Å². The topological polar surface area (TPSA) is 62.6 Å². The molecule has 22 heavy (non-hydrogen) atoms. The Morgan fingerprint density at radius 2 is 2.27 bits per heavy atom. The van der Waals surface area contributed by atoms with Gasteiger partial charge in [0.05, 0.1) is 0 Å². The van der Waals surface area contributed by atoms with Gasteiger partial charge in [0.25, 0.3) is 0 Å². The zero-order valence-corrected chi connectivity index (χ0v) is 12.5. The van der Waals surface area contributed by atoms with Gasteiger partial charge in [-0.1, -0.05) is 6.07 Å². The summed E-state index contributed by atoms with van der Waals surface area (Å²) >= 11 is 0. The number of aryl methyl sites for hydroxylation is 1. The van der Waals surface area contributed by atoms with E-state index in [4.69, 9.17) is 0 Å². The molecule has 1 aliphatic heterocycles. The van der Waals surface area contributed by atoms with Crippen molar-refractivity contribution >= 4 is 5.82 Å². The molecule has 6 heteroatoms. The number of hydrogen-bond donors (Lipinski definition) is 1. The molecule has 112 valence electrons. The summed E-state index contributed by atoms with van der Waals surface area (Å²) in [6, 6.07) is 4.15. The first-order valence-corrected chi connectivity index (χ1v) is 7.53. The Kier molecular flexibility index (Phi) is 3.14. The Hall–Kier alpha value is -2.63. The fourth-order valence-electron chi connectivity index (χ4n) is 2.98. The largest absolute Gasteiger partial charge is 0.351 e. The van der Waals surface area contributed by atoms with Gasteiger partial charge >= 0.3 is 0 Å². The van der Waals surface area contributed by atoms with Crippen molar-refractivity contribution in [1.82, 2.24) is 24.7 Å². The highest BCUT2D eigenvalue weighted by molar-refractivity contribution is 5.51. The monoisotopic (exact) mass is 294 g/mol. The standard InChI is InChI=1S/C16H18N6/c1-12-14-3-2-7-21(16(14)20-19-12)10-13-4-5-15(18-9-13)22-8-6-17-11-22/h4-6,8-9,11H,2-3,7,10H2,1H3,(H,19,20). The third-order valence-corrected chi connectivity index (χ3v) is 4.16. The van der Waals surface area contributed by atoms with Crippen LogP contribution in [0.3, 0.4) is 0 Å². The number of imidazole rings is 1. The van der Waals surface area contributed by atoms with Crippen LogP contribution in [0, 0.1) is 6.92 Å². The average Bonchev–Trinajstić information content (AvgIpc) is 3.19. The highest BCUT2D eigenvalue weighted by Gasteiger charge is 2.21. The second kappa shape index (κ2) is 5.29. The molecule has 0 amide bonds. The maximum Gasteiger partial charge on any atom is 0.154 e. The van der Waals surface area contributed by atoms with E-state index in [9.17, 15) is 0 Å². The van der Waals surface area contributed by atoms with Crippen molar-refractivity contribution in [2.75, 3.05) is 11.4 Å². The molecule has 0 aliphatic carbocycles. The van der Waals surface area contributed by atoms with Gasteiger partial charge in [0.2, 0.25) is 0 Å². The zero-order chi connectivity index (χ0) is 14.9. The van der Waals surface area contributed by atoms with Crippen LogP contribution in [0.25, 0.3) is 5.82 Å². The summed E-state index contributed by atoms with van der Waals surface area (Å²) in [7, 11) is 0. The predicted molar refractivity (Wildman–Crippen MR) is 84.1 cm³/mol. The molecule has 0 spiro atoms. The number of aromatic amines is 1. The van der Waals surface area contributed by atoms with Crippen molar-refractivity contribution in [3.63, 3.8) is 0 Å². The van der Waals surface area contributed by atoms with E-state index in [1.54, 1.807) is 12.5 Å². The predicted octanol–water partition coefficient (Wildman–Crippen LogP) is 2.25. The van der Waals surface area contributed by atoms with E-state index in [2.05, 4.69) is 38.1 Å². The maximum atomic E-state index is 4.52. The minimum atomic E-state index is 0.842. The Morgan fingerprint density at radius 1 is 1.32 bits per heavy atom. The number of nitrogens with zero attached hydrogens (tertiary/aromatic N) is 5. The molecule has 0 radical (unpaired) electrons. The zero-order valence-electron chi connectivity index (χ0n) is 12.5. The molecule has 3 aromatic heterocycles. The molecule has 1 aliphatic rings. The quantitative estimate of drug-likeness (QED) is 0.805. The molecular weight excluding hydrogens is 276 g/mol. The summed E-state index contributed by atoms with van der Waals surface area (Å²) in [5, 5.41) is 7.57. The van der Waals surface area contributed by atoms with Crippen LogP contribution < -0.4 is 4.90 Å². The molecule has 4 rings (SSSR count). The summed E-state index contributed by atoms with van der Waals surface area (Å²) in [5.41, 5.74) is 3.74. The summed E-state index contributed by atoms with van der Waals surface area (Å²) in [6.07, 6.45) is 9.63. The van der Waals surface area contributed by atoms with E-state index in [1.807, 2.05) is 23.0 Å². The number of anilines is 1. The number of hydrogen-bond acceptors (Lipinski definition) is 4. The molecule has 3 aromatic rings. The minimum absolute atomic E-state index is 0.842. The number of H-pyrrole nitrogens is 1. The fourth-order valence-corrected chi connectivity index (χ4v) is 2.98. The maximum absolute atomic E-state index is 4.52. The number of nitrogens with one attached hydrogen (secondary N) is 1. The highest BCUT2D eigenvalue weighted by atomic mass is 15.3. The van der Waals surface area contributed by atoms with Gasteiger partial charge in [-0.15, -0.1) is 0 Å². The smallest absolute Gasteiger partial charge is 0.154 e. The summed E-state index contributed by atoms with van der Waals surface area (Å²) < 4.78 is 1.90. The van der Waals surface area contributed by atoms with E-state index >= 15 is 0 Å². The Labute approximate surface area is 128 Å². The molecule has 0 aromatic carbocycles. The normalized spacial score (nSPS) is 14.1. The van der Waals surface area contributed by atoms with Crippen LogP contribution in [-0.2, 0) is 13.0 Å².